The van der Waals surface area contributed by atoms with Crippen molar-refractivity contribution in [1.29, 1.82) is 0 Å². The van der Waals surface area contributed by atoms with E-state index in [1.54, 1.807) is 16.8 Å². The van der Waals surface area contributed by atoms with Crippen molar-refractivity contribution in [1.82, 2.24) is 15.1 Å². The Kier molecular flexibility index (Phi) is 4.95. The van der Waals surface area contributed by atoms with E-state index < -0.39 is 5.51 Å². The van der Waals surface area contributed by atoms with Crippen molar-refractivity contribution >= 4 is 11.8 Å². The van der Waals surface area contributed by atoms with Crippen molar-refractivity contribution in [3.63, 3.8) is 0 Å². The molecule has 0 saturated carbocycles. The van der Waals surface area contributed by atoms with Crippen molar-refractivity contribution in [2.45, 2.75) is 30.4 Å². The van der Waals surface area contributed by atoms with E-state index in [2.05, 4.69) is 10.4 Å². The Hall–Kier alpha value is -1.47. The van der Waals surface area contributed by atoms with E-state index in [9.17, 15) is 13.2 Å². The van der Waals surface area contributed by atoms with Gasteiger partial charge in [-0.1, -0.05) is 12.1 Å². The van der Waals surface area contributed by atoms with Crippen LogP contribution in [0.5, 0.6) is 0 Å². The summed E-state index contributed by atoms with van der Waals surface area (Å²) in [5.41, 5.74) is -1.20. The minimum absolute atomic E-state index is 0.0966. The first kappa shape index (κ1) is 15.9. The first-order valence-corrected chi connectivity index (χ1v) is 7.19. The van der Waals surface area contributed by atoms with E-state index in [-0.39, 0.29) is 16.7 Å². The van der Waals surface area contributed by atoms with Crippen LogP contribution in [0.25, 0.3) is 0 Å². The average Bonchev–Trinajstić information content (AvgIpc) is 2.68. The smallest absolute Gasteiger partial charge is 0.308 e. The fraction of sp³-hybridized carbons (Fsp3) is 0.357. The molecule has 1 aromatic heterocycles. The number of alkyl halides is 3. The van der Waals surface area contributed by atoms with E-state index in [0.29, 0.717) is 13.1 Å². The second-order valence-corrected chi connectivity index (χ2v) is 5.85. The molecule has 1 aromatic carbocycles. The minimum atomic E-state index is -4.24. The summed E-state index contributed by atoms with van der Waals surface area (Å²) in [6.45, 7) is 3.23. The van der Waals surface area contributed by atoms with Gasteiger partial charge in [0.05, 0.1) is 5.69 Å². The molecule has 0 amide bonds. The molecular formula is C14H16F3N3S. The lowest BCUT2D eigenvalue weighted by molar-refractivity contribution is -0.0328. The number of nitrogens with zero attached hydrogens (tertiary/aromatic N) is 2. The summed E-state index contributed by atoms with van der Waals surface area (Å²) < 4.78 is 38.4. The molecule has 0 aliphatic rings. The third-order valence-electron chi connectivity index (χ3n) is 2.92. The summed E-state index contributed by atoms with van der Waals surface area (Å²) >= 11 is -0.0966. The molecule has 21 heavy (non-hydrogen) atoms. The number of benzene rings is 1. The highest BCUT2D eigenvalue weighted by Crippen LogP contribution is 2.36. The fourth-order valence-electron chi connectivity index (χ4n) is 1.97. The molecule has 0 unspecified atom stereocenters. The quantitative estimate of drug-likeness (QED) is 0.855. The Labute approximate surface area is 125 Å². The summed E-state index contributed by atoms with van der Waals surface area (Å²) in [7, 11) is 1.87. The van der Waals surface area contributed by atoms with Gasteiger partial charge in [0.2, 0.25) is 0 Å². The highest BCUT2D eigenvalue weighted by Gasteiger charge is 2.28. The average molecular weight is 315 g/mol. The number of halogens is 3. The molecule has 0 saturated heterocycles. The van der Waals surface area contributed by atoms with Crippen LogP contribution in [-0.2, 0) is 20.1 Å². The number of thioether (sulfide) groups is 1. The Balaban J connectivity index is 1.85. The predicted molar refractivity (Wildman–Crippen MR) is 76.8 cm³/mol. The highest BCUT2D eigenvalue weighted by atomic mass is 32.2. The van der Waals surface area contributed by atoms with Gasteiger partial charge in [-0.2, -0.15) is 18.3 Å². The maximum atomic E-state index is 12.2. The van der Waals surface area contributed by atoms with Crippen LogP contribution in [0, 0.1) is 6.92 Å². The number of hydrogen-bond acceptors (Lipinski definition) is 3. The van der Waals surface area contributed by atoms with Crippen molar-refractivity contribution in [2.24, 2.45) is 7.05 Å². The number of hydrogen-bond donors (Lipinski definition) is 1. The molecule has 2 rings (SSSR count). The van der Waals surface area contributed by atoms with Gasteiger partial charge in [0, 0.05) is 36.8 Å². The van der Waals surface area contributed by atoms with Crippen LogP contribution >= 0.6 is 11.8 Å². The van der Waals surface area contributed by atoms with Gasteiger partial charge >= 0.3 is 5.51 Å². The zero-order chi connectivity index (χ0) is 15.5. The first-order chi connectivity index (χ1) is 9.83. The van der Waals surface area contributed by atoms with E-state index in [4.69, 9.17) is 0 Å². The van der Waals surface area contributed by atoms with Gasteiger partial charge in [-0.25, -0.2) is 0 Å². The molecule has 0 radical (unpaired) electrons. The Morgan fingerprint density at radius 2 is 1.86 bits per heavy atom. The Bertz CT molecular complexity index is 591. The maximum Gasteiger partial charge on any atom is 0.446 e. The minimum Gasteiger partial charge on any atom is -0.308 e. The van der Waals surface area contributed by atoms with E-state index >= 15 is 0 Å². The molecule has 2 aromatic rings. The summed E-state index contributed by atoms with van der Waals surface area (Å²) in [6.07, 6.45) is 1.95. The SMILES string of the molecule is Cc1nn(C)cc1CNCc1ccc(SC(F)(F)F)cc1. The molecule has 0 aliphatic carbocycles. The zero-order valence-electron chi connectivity index (χ0n) is 11.7. The lowest BCUT2D eigenvalue weighted by Gasteiger charge is -2.07. The molecule has 114 valence electrons. The monoisotopic (exact) mass is 315 g/mol. The molecular weight excluding hydrogens is 299 g/mol. The Morgan fingerprint density at radius 1 is 1.19 bits per heavy atom. The Morgan fingerprint density at radius 3 is 2.38 bits per heavy atom. The highest BCUT2D eigenvalue weighted by molar-refractivity contribution is 8.00. The largest absolute Gasteiger partial charge is 0.446 e. The molecule has 0 spiro atoms. The molecule has 0 bridgehead atoms. The van der Waals surface area contributed by atoms with Crippen LogP contribution < -0.4 is 5.32 Å². The topological polar surface area (TPSA) is 29.9 Å². The van der Waals surface area contributed by atoms with Gasteiger partial charge in [0.15, 0.2) is 0 Å². The summed E-state index contributed by atoms with van der Waals surface area (Å²) in [6, 6.07) is 6.39. The lowest BCUT2D eigenvalue weighted by atomic mass is 10.2. The van der Waals surface area contributed by atoms with Gasteiger partial charge in [0.1, 0.15) is 0 Å². The third-order valence-corrected chi connectivity index (χ3v) is 3.66. The number of aryl methyl sites for hydroxylation is 2. The van der Waals surface area contributed by atoms with Gasteiger partial charge in [0.25, 0.3) is 0 Å². The second-order valence-electron chi connectivity index (χ2n) is 4.71. The van der Waals surface area contributed by atoms with Crippen LogP contribution in [0.2, 0.25) is 0 Å². The molecule has 1 N–H and O–H groups in total. The van der Waals surface area contributed by atoms with E-state index in [1.165, 1.54) is 12.1 Å². The molecule has 0 atom stereocenters. The molecule has 3 nitrogen and oxygen atoms in total. The van der Waals surface area contributed by atoms with Gasteiger partial charge in [-0.05, 0) is 36.4 Å². The van der Waals surface area contributed by atoms with E-state index in [1.807, 2.05) is 20.2 Å². The van der Waals surface area contributed by atoms with E-state index in [0.717, 1.165) is 16.8 Å². The van der Waals surface area contributed by atoms with Crippen LogP contribution in [0.15, 0.2) is 35.4 Å². The predicted octanol–water partition coefficient (Wildman–Crippen LogP) is 3.63. The summed E-state index contributed by atoms with van der Waals surface area (Å²) in [5.74, 6) is 0. The number of nitrogens with one attached hydrogen (secondary N) is 1. The molecule has 7 heteroatoms. The van der Waals surface area contributed by atoms with Crippen LogP contribution in [0.1, 0.15) is 16.8 Å². The van der Waals surface area contributed by atoms with Crippen LogP contribution in [-0.4, -0.2) is 15.3 Å². The summed E-state index contributed by atoms with van der Waals surface area (Å²) in [4.78, 5) is 0.203. The number of aromatic nitrogens is 2. The van der Waals surface area contributed by atoms with Gasteiger partial charge in [-0.3, -0.25) is 4.68 Å². The second kappa shape index (κ2) is 6.53. The van der Waals surface area contributed by atoms with Crippen molar-refractivity contribution in [3.8, 4) is 0 Å². The summed E-state index contributed by atoms with van der Waals surface area (Å²) in [5, 5.41) is 7.51. The first-order valence-electron chi connectivity index (χ1n) is 6.38. The van der Waals surface area contributed by atoms with Crippen molar-refractivity contribution in [2.75, 3.05) is 0 Å². The maximum absolute atomic E-state index is 12.2. The fourth-order valence-corrected chi connectivity index (χ4v) is 2.51. The zero-order valence-corrected chi connectivity index (χ0v) is 12.6. The third kappa shape index (κ3) is 5.09. The molecule has 0 fully saturated rings. The van der Waals surface area contributed by atoms with Gasteiger partial charge < -0.3 is 5.32 Å². The van der Waals surface area contributed by atoms with Gasteiger partial charge in [-0.15, -0.1) is 0 Å². The normalized spacial score (nSPS) is 11.9. The molecule has 0 aliphatic heterocycles. The lowest BCUT2D eigenvalue weighted by Crippen LogP contribution is -2.12. The standard InChI is InChI=1S/C14H16F3N3S/c1-10-12(9-20(2)19-10)8-18-7-11-3-5-13(6-4-11)21-14(15,16)17/h3-6,9,18H,7-8H2,1-2H3. The van der Waals surface area contributed by atoms with Crippen LogP contribution in [0.4, 0.5) is 13.2 Å². The van der Waals surface area contributed by atoms with Crippen molar-refractivity contribution in [3.05, 3.63) is 47.3 Å². The van der Waals surface area contributed by atoms with Crippen molar-refractivity contribution < 1.29 is 13.2 Å². The molecule has 1 heterocycles. The number of rotatable bonds is 5. The van der Waals surface area contributed by atoms with Crippen LogP contribution in [0.3, 0.4) is 0 Å².